The fourth-order valence-electron chi connectivity index (χ4n) is 3.37. The van der Waals surface area contributed by atoms with E-state index in [9.17, 15) is 0 Å². The van der Waals surface area contributed by atoms with Gasteiger partial charge in [0.2, 0.25) is 0 Å². The Balaban J connectivity index is 2.03. The van der Waals surface area contributed by atoms with E-state index >= 15 is 0 Å². The first-order valence-corrected chi connectivity index (χ1v) is 5.29. The minimum atomic E-state index is 0.558. The van der Waals surface area contributed by atoms with Gasteiger partial charge in [-0.05, 0) is 37.0 Å². The quantitative estimate of drug-likeness (QED) is 0.585. The van der Waals surface area contributed by atoms with Gasteiger partial charge in [0, 0.05) is 7.11 Å². The highest BCUT2D eigenvalue weighted by Gasteiger charge is 2.44. The molecular weight excluding hydrogens is 148 g/mol. The Labute approximate surface area is 75.5 Å². The van der Waals surface area contributed by atoms with Crippen LogP contribution in [0.25, 0.3) is 0 Å². The van der Waals surface area contributed by atoms with Crippen LogP contribution in [0.2, 0.25) is 0 Å². The summed E-state index contributed by atoms with van der Waals surface area (Å²) in [6.45, 7) is 2.35. The molecule has 2 aliphatic carbocycles. The summed E-state index contributed by atoms with van der Waals surface area (Å²) in [6, 6.07) is 0. The molecule has 0 aromatic heterocycles. The van der Waals surface area contributed by atoms with Gasteiger partial charge in [0.1, 0.15) is 0 Å². The van der Waals surface area contributed by atoms with Crippen LogP contribution in [0, 0.1) is 11.3 Å². The Morgan fingerprint density at radius 1 is 1.17 bits per heavy atom. The second kappa shape index (κ2) is 3.02. The number of ether oxygens (including phenoxy) is 1. The van der Waals surface area contributed by atoms with Crippen molar-refractivity contribution in [1.82, 2.24) is 0 Å². The third-order valence-electron chi connectivity index (χ3n) is 3.99. The molecule has 0 aromatic rings. The van der Waals surface area contributed by atoms with E-state index in [1.54, 1.807) is 0 Å². The van der Waals surface area contributed by atoms with Crippen LogP contribution >= 0.6 is 0 Å². The molecule has 2 fully saturated rings. The van der Waals surface area contributed by atoms with Gasteiger partial charge >= 0.3 is 0 Å². The Morgan fingerprint density at radius 2 is 1.83 bits per heavy atom. The lowest BCUT2D eigenvalue weighted by atomic mass is 9.84. The van der Waals surface area contributed by atoms with E-state index in [4.69, 9.17) is 4.74 Å². The molecule has 1 heteroatoms. The van der Waals surface area contributed by atoms with Crippen LogP contribution < -0.4 is 0 Å². The fourth-order valence-corrected chi connectivity index (χ4v) is 3.37. The summed E-state index contributed by atoms with van der Waals surface area (Å²) in [5, 5.41) is 0. The SMILES string of the molecule is COC1CC2(CCCC2)C[C@@H]1C. The van der Waals surface area contributed by atoms with Crippen molar-refractivity contribution in [3.05, 3.63) is 0 Å². The molecule has 12 heavy (non-hydrogen) atoms. The second-order valence-corrected chi connectivity index (χ2v) is 4.87. The maximum atomic E-state index is 5.51. The van der Waals surface area contributed by atoms with Crippen LogP contribution in [0.1, 0.15) is 45.4 Å². The number of hydrogen-bond donors (Lipinski definition) is 0. The molecular formula is C11H20O. The number of hydrogen-bond acceptors (Lipinski definition) is 1. The predicted molar refractivity (Wildman–Crippen MR) is 50.1 cm³/mol. The average Bonchev–Trinajstić information content (AvgIpc) is 2.60. The molecule has 2 aliphatic rings. The van der Waals surface area contributed by atoms with Crippen molar-refractivity contribution in [3.8, 4) is 0 Å². The summed E-state index contributed by atoms with van der Waals surface area (Å²) < 4.78 is 5.51. The Bertz CT molecular complexity index is 158. The zero-order valence-electron chi connectivity index (χ0n) is 8.31. The lowest BCUT2D eigenvalue weighted by molar-refractivity contribution is 0.0713. The van der Waals surface area contributed by atoms with Gasteiger partial charge in [-0.25, -0.2) is 0 Å². The molecule has 0 amide bonds. The monoisotopic (exact) mass is 168 g/mol. The lowest BCUT2D eigenvalue weighted by Gasteiger charge is -2.21. The largest absolute Gasteiger partial charge is 0.381 e. The van der Waals surface area contributed by atoms with E-state index < -0.39 is 0 Å². The summed E-state index contributed by atoms with van der Waals surface area (Å²) in [7, 11) is 1.87. The molecule has 0 aliphatic heterocycles. The van der Waals surface area contributed by atoms with Gasteiger partial charge in [-0.1, -0.05) is 19.8 Å². The van der Waals surface area contributed by atoms with Crippen molar-refractivity contribution in [1.29, 1.82) is 0 Å². The molecule has 0 radical (unpaired) electrons. The molecule has 2 rings (SSSR count). The van der Waals surface area contributed by atoms with Gasteiger partial charge in [0.05, 0.1) is 6.10 Å². The molecule has 2 saturated carbocycles. The van der Waals surface area contributed by atoms with Crippen LogP contribution in [-0.4, -0.2) is 13.2 Å². The number of rotatable bonds is 1. The van der Waals surface area contributed by atoms with E-state index in [1.807, 2.05) is 7.11 Å². The number of methoxy groups -OCH3 is 1. The summed E-state index contributed by atoms with van der Waals surface area (Å²) in [4.78, 5) is 0. The second-order valence-electron chi connectivity index (χ2n) is 4.87. The van der Waals surface area contributed by atoms with Crippen molar-refractivity contribution < 1.29 is 4.74 Å². The maximum absolute atomic E-state index is 5.51. The Morgan fingerprint density at radius 3 is 2.33 bits per heavy atom. The van der Waals surface area contributed by atoms with Gasteiger partial charge in [-0.3, -0.25) is 0 Å². The van der Waals surface area contributed by atoms with Crippen LogP contribution in [-0.2, 0) is 4.74 Å². The molecule has 0 saturated heterocycles. The third-order valence-corrected chi connectivity index (χ3v) is 3.99. The predicted octanol–water partition coefficient (Wildman–Crippen LogP) is 2.99. The standard InChI is InChI=1S/C11H20O/c1-9-7-11(5-3-4-6-11)8-10(9)12-2/h9-10H,3-8H2,1-2H3/t9-,10?/m0/s1. The first-order valence-electron chi connectivity index (χ1n) is 5.29. The van der Waals surface area contributed by atoms with Crippen molar-refractivity contribution in [2.75, 3.05) is 7.11 Å². The van der Waals surface area contributed by atoms with E-state index in [0.717, 1.165) is 5.92 Å². The van der Waals surface area contributed by atoms with Crippen LogP contribution in [0.5, 0.6) is 0 Å². The van der Waals surface area contributed by atoms with Gasteiger partial charge in [0.25, 0.3) is 0 Å². The minimum absolute atomic E-state index is 0.558. The fraction of sp³-hybridized carbons (Fsp3) is 1.00. The molecule has 0 N–H and O–H groups in total. The molecule has 2 atom stereocenters. The first-order chi connectivity index (χ1) is 5.76. The highest BCUT2D eigenvalue weighted by Crippen LogP contribution is 2.53. The zero-order valence-corrected chi connectivity index (χ0v) is 8.31. The van der Waals surface area contributed by atoms with E-state index in [2.05, 4.69) is 6.92 Å². The maximum Gasteiger partial charge on any atom is 0.0602 e. The summed E-state index contributed by atoms with van der Waals surface area (Å²) in [5.74, 6) is 0.799. The van der Waals surface area contributed by atoms with Crippen LogP contribution in [0.15, 0.2) is 0 Å². The van der Waals surface area contributed by atoms with Gasteiger partial charge < -0.3 is 4.74 Å². The normalized spacial score (nSPS) is 39.5. The van der Waals surface area contributed by atoms with Gasteiger partial charge in [-0.2, -0.15) is 0 Å². The smallest absolute Gasteiger partial charge is 0.0602 e. The van der Waals surface area contributed by atoms with Gasteiger partial charge in [-0.15, -0.1) is 0 Å². The highest BCUT2D eigenvalue weighted by atomic mass is 16.5. The zero-order chi connectivity index (χ0) is 8.60. The van der Waals surface area contributed by atoms with E-state index in [0.29, 0.717) is 11.5 Å². The molecule has 0 bridgehead atoms. The molecule has 1 unspecified atom stereocenters. The van der Waals surface area contributed by atoms with E-state index in [-0.39, 0.29) is 0 Å². The van der Waals surface area contributed by atoms with E-state index in [1.165, 1.54) is 38.5 Å². The lowest BCUT2D eigenvalue weighted by Crippen LogP contribution is -2.14. The highest BCUT2D eigenvalue weighted by molar-refractivity contribution is 4.95. The first kappa shape index (κ1) is 8.55. The van der Waals surface area contributed by atoms with Crippen molar-refractivity contribution in [3.63, 3.8) is 0 Å². The molecule has 0 aromatic carbocycles. The summed E-state index contributed by atoms with van der Waals surface area (Å²) in [5.41, 5.74) is 0.708. The Kier molecular flexibility index (Phi) is 2.16. The van der Waals surface area contributed by atoms with Crippen LogP contribution in [0.4, 0.5) is 0 Å². The Hall–Kier alpha value is -0.0400. The molecule has 0 heterocycles. The van der Waals surface area contributed by atoms with Gasteiger partial charge in [0.15, 0.2) is 0 Å². The summed E-state index contributed by atoms with van der Waals surface area (Å²) in [6.07, 6.45) is 9.18. The van der Waals surface area contributed by atoms with Crippen LogP contribution in [0.3, 0.4) is 0 Å². The molecule has 1 nitrogen and oxygen atoms in total. The average molecular weight is 168 g/mol. The topological polar surface area (TPSA) is 9.23 Å². The minimum Gasteiger partial charge on any atom is -0.381 e. The third kappa shape index (κ3) is 1.28. The molecule has 1 spiro atoms. The summed E-state index contributed by atoms with van der Waals surface area (Å²) >= 11 is 0. The van der Waals surface area contributed by atoms with Crippen molar-refractivity contribution >= 4 is 0 Å². The van der Waals surface area contributed by atoms with Crippen molar-refractivity contribution in [2.24, 2.45) is 11.3 Å². The molecule has 70 valence electrons. The van der Waals surface area contributed by atoms with Crippen molar-refractivity contribution in [2.45, 2.75) is 51.6 Å².